The Morgan fingerprint density at radius 1 is 1.05 bits per heavy atom. The van der Waals surface area contributed by atoms with Crippen molar-refractivity contribution in [3.63, 3.8) is 0 Å². The summed E-state index contributed by atoms with van der Waals surface area (Å²) >= 11 is 0. The fraction of sp³-hybridized carbons (Fsp3) is 0.235. The molecule has 0 atom stereocenters. The van der Waals surface area contributed by atoms with Crippen LogP contribution in [0.5, 0.6) is 11.5 Å². The summed E-state index contributed by atoms with van der Waals surface area (Å²) in [4.78, 5) is 0. The zero-order chi connectivity index (χ0) is 13.8. The molecule has 0 spiro atoms. The molecular formula is C17H17NO. The van der Waals surface area contributed by atoms with Crippen molar-refractivity contribution in [2.24, 2.45) is 0 Å². The molecule has 2 nitrogen and oxygen atoms in total. The molecule has 0 saturated heterocycles. The van der Waals surface area contributed by atoms with Crippen molar-refractivity contribution < 1.29 is 4.74 Å². The summed E-state index contributed by atoms with van der Waals surface area (Å²) in [5.41, 5.74) is 2.91. The standard InChI is InChI=1S/C17H17NO/c1-12(2)14-6-9-17(15(10-14)11-18)19-16-7-4-13(3)5-8-16/h4-10,12H,1-3H3. The van der Waals surface area contributed by atoms with Gasteiger partial charge in [-0.05, 0) is 42.7 Å². The van der Waals surface area contributed by atoms with E-state index in [0.29, 0.717) is 17.2 Å². The van der Waals surface area contributed by atoms with Gasteiger partial charge in [0.15, 0.2) is 0 Å². The van der Waals surface area contributed by atoms with Gasteiger partial charge in [0.25, 0.3) is 0 Å². The first-order valence-corrected chi connectivity index (χ1v) is 6.38. The van der Waals surface area contributed by atoms with E-state index in [9.17, 15) is 5.26 Å². The first-order valence-electron chi connectivity index (χ1n) is 6.38. The molecule has 0 aliphatic heterocycles. The van der Waals surface area contributed by atoms with Crippen LogP contribution in [0.2, 0.25) is 0 Å². The molecule has 0 unspecified atom stereocenters. The first-order chi connectivity index (χ1) is 9.10. The molecule has 2 rings (SSSR count). The molecule has 0 saturated carbocycles. The summed E-state index contributed by atoms with van der Waals surface area (Å²) in [5.74, 6) is 1.76. The lowest BCUT2D eigenvalue weighted by molar-refractivity contribution is 0.480. The summed E-state index contributed by atoms with van der Waals surface area (Å²) < 4.78 is 5.77. The van der Waals surface area contributed by atoms with Crippen LogP contribution in [-0.4, -0.2) is 0 Å². The Balaban J connectivity index is 2.30. The van der Waals surface area contributed by atoms with Crippen LogP contribution in [0.1, 0.15) is 36.5 Å². The van der Waals surface area contributed by atoms with Crippen LogP contribution in [0.15, 0.2) is 42.5 Å². The van der Waals surface area contributed by atoms with Gasteiger partial charge in [-0.3, -0.25) is 0 Å². The van der Waals surface area contributed by atoms with Crippen LogP contribution in [0.25, 0.3) is 0 Å². The van der Waals surface area contributed by atoms with E-state index in [4.69, 9.17) is 4.74 Å². The summed E-state index contributed by atoms with van der Waals surface area (Å²) in [5, 5.41) is 9.22. The highest BCUT2D eigenvalue weighted by Gasteiger charge is 2.08. The number of rotatable bonds is 3. The molecule has 0 bridgehead atoms. The van der Waals surface area contributed by atoms with E-state index in [1.54, 1.807) is 0 Å². The normalized spacial score (nSPS) is 10.3. The Hall–Kier alpha value is -2.27. The second-order valence-corrected chi connectivity index (χ2v) is 4.94. The second-order valence-electron chi connectivity index (χ2n) is 4.94. The minimum Gasteiger partial charge on any atom is -0.456 e. The van der Waals surface area contributed by atoms with E-state index >= 15 is 0 Å². The van der Waals surface area contributed by atoms with Crippen molar-refractivity contribution in [2.75, 3.05) is 0 Å². The summed E-state index contributed by atoms with van der Waals surface area (Å²) in [6.45, 7) is 6.25. The van der Waals surface area contributed by atoms with Gasteiger partial charge in [-0.1, -0.05) is 37.6 Å². The van der Waals surface area contributed by atoms with Crippen molar-refractivity contribution in [1.29, 1.82) is 5.26 Å². The third-order valence-corrected chi connectivity index (χ3v) is 3.04. The van der Waals surface area contributed by atoms with Crippen molar-refractivity contribution in [3.05, 3.63) is 59.2 Å². The van der Waals surface area contributed by atoms with Crippen LogP contribution >= 0.6 is 0 Å². The third kappa shape index (κ3) is 3.14. The van der Waals surface area contributed by atoms with Crippen LogP contribution in [0.3, 0.4) is 0 Å². The lowest BCUT2D eigenvalue weighted by Crippen LogP contribution is -1.92. The fourth-order valence-electron chi connectivity index (χ4n) is 1.82. The van der Waals surface area contributed by atoms with Gasteiger partial charge in [-0.2, -0.15) is 5.26 Å². The third-order valence-electron chi connectivity index (χ3n) is 3.04. The monoisotopic (exact) mass is 251 g/mol. The van der Waals surface area contributed by atoms with E-state index in [1.165, 1.54) is 5.56 Å². The van der Waals surface area contributed by atoms with Crippen molar-refractivity contribution in [2.45, 2.75) is 26.7 Å². The van der Waals surface area contributed by atoms with Crippen molar-refractivity contribution in [1.82, 2.24) is 0 Å². The highest BCUT2D eigenvalue weighted by molar-refractivity contribution is 5.48. The van der Waals surface area contributed by atoms with Gasteiger partial charge in [0.2, 0.25) is 0 Å². The molecule has 0 aromatic heterocycles. The van der Waals surface area contributed by atoms with Gasteiger partial charge < -0.3 is 4.74 Å². The van der Waals surface area contributed by atoms with E-state index < -0.39 is 0 Å². The van der Waals surface area contributed by atoms with Crippen LogP contribution in [0, 0.1) is 18.3 Å². The summed E-state index contributed by atoms with van der Waals surface area (Å²) in [6.07, 6.45) is 0. The number of ether oxygens (including phenoxy) is 1. The van der Waals surface area contributed by atoms with E-state index in [2.05, 4.69) is 19.9 Å². The Bertz CT molecular complexity index is 606. The summed E-state index contributed by atoms with van der Waals surface area (Å²) in [7, 11) is 0. The minimum atomic E-state index is 0.403. The average Bonchev–Trinajstić information content (AvgIpc) is 2.41. The van der Waals surface area contributed by atoms with E-state index in [0.717, 1.165) is 11.3 Å². The Kier molecular flexibility index (Phi) is 3.87. The number of nitriles is 1. The molecule has 2 heteroatoms. The van der Waals surface area contributed by atoms with Crippen LogP contribution in [-0.2, 0) is 0 Å². The topological polar surface area (TPSA) is 33.0 Å². The van der Waals surface area contributed by atoms with Crippen molar-refractivity contribution in [3.8, 4) is 17.6 Å². The molecular weight excluding hydrogens is 234 g/mol. The maximum absolute atomic E-state index is 9.22. The van der Waals surface area contributed by atoms with Gasteiger partial charge in [-0.15, -0.1) is 0 Å². The number of nitrogens with zero attached hydrogens (tertiary/aromatic N) is 1. The zero-order valence-electron chi connectivity index (χ0n) is 11.5. The highest BCUT2D eigenvalue weighted by Crippen LogP contribution is 2.28. The smallest absolute Gasteiger partial charge is 0.145 e. The molecule has 0 aliphatic carbocycles. The van der Waals surface area contributed by atoms with Crippen LogP contribution in [0.4, 0.5) is 0 Å². The highest BCUT2D eigenvalue weighted by atomic mass is 16.5. The molecule has 0 amide bonds. The van der Waals surface area contributed by atoms with Crippen LogP contribution < -0.4 is 4.74 Å². The molecule has 0 heterocycles. The molecule has 96 valence electrons. The maximum Gasteiger partial charge on any atom is 0.145 e. The van der Waals surface area contributed by atoms with Gasteiger partial charge in [0.1, 0.15) is 17.6 Å². The van der Waals surface area contributed by atoms with E-state index in [1.807, 2.05) is 49.4 Å². The molecule has 0 N–H and O–H groups in total. The van der Waals surface area contributed by atoms with Gasteiger partial charge in [0.05, 0.1) is 5.56 Å². The van der Waals surface area contributed by atoms with Gasteiger partial charge in [0, 0.05) is 0 Å². The maximum atomic E-state index is 9.22. The Morgan fingerprint density at radius 3 is 2.32 bits per heavy atom. The SMILES string of the molecule is Cc1ccc(Oc2ccc(C(C)C)cc2C#N)cc1. The fourth-order valence-corrected chi connectivity index (χ4v) is 1.82. The Labute approximate surface area is 114 Å². The average molecular weight is 251 g/mol. The Morgan fingerprint density at radius 2 is 1.74 bits per heavy atom. The van der Waals surface area contributed by atoms with Crippen molar-refractivity contribution >= 4 is 0 Å². The first kappa shape index (κ1) is 13.2. The largest absolute Gasteiger partial charge is 0.456 e. The van der Waals surface area contributed by atoms with Gasteiger partial charge >= 0.3 is 0 Å². The van der Waals surface area contributed by atoms with E-state index in [-0.39, 0.29) is 0 Å². The lowest BCUT2D eigenvalue weighted by atomic mass is 10.0. The molecule has 0 radical (unpaired) electrons. The number of hydrogen-bond acceptors (Lipinski definition) is 2. The number of benzene rings is 2. The van der Waals surface area contributed by atoms with Gasteiger partial charge in [-0.25, -0.2) is 0 Å². The molecule has 0 fully saturated rings. The lowest BCUT2D eigenvalue weighted by Gasteiger charge is -2.11. The molecule has 2 aromatic carbocycles. The second kappa shape index (κ2) is 5.58. The zero-order valence-corrected chi connectivity index (χ0v) is 11.5. The molecule has 2 aromatic rings. The summed E-state index contributed by atoms with van der Waals surface area (Å²) in [6, 6.07) is 15.8. The number of aryl methyl sites for hydroxylation is 1. The minimum absolute atomic E-state index is 0.403. The number of hydrogen-bond donors (Lipinski definition) is 0. The predicted octanol–water partition coefficient (Wildman–Crippen LogP) is 4.78. The predicted molar refractivity (Wildman–Crippen MR) is 76.5 cm³/mol. The molecule has 0 aliphatic rings. The molecule has 19 heavy (non-hydrogen) atoms. The quantitative estimate of drug-likeness (QED) is 0.786.